The van der Waals surface area contributed by atoms with Gasteiger partial charge in [-0.3, -0.25) is 32.5 Å². The minimum absolute atomic E-state index is 0.0854. The predicted molar refractivity (Wildman–Crippen MR) is 408 cm³/mol. The van der Waals surface area contributed by atoms with Gasteiger partial charge in [-0.05, 0) is 135 Å². The predicted octanol–water partition coefficient (Wildman–Crippen LogP) is 22.5. The number of aliphatic hydroxyl groups is 2. The van der Waals surface area contributed by atoms with Gasteiger partial charge in [-0.2, -0.15) is 0 Å². The quantitative estimate of drug-likeness (QED) is 0.0146. The van der Waals surface area contributed by atoms with Crippen molar-refractivity contribution in [3.63, 3.8) is 0 Å². The number of allylic oxidation sites excluding steroid dienone is 20. The van der Waals surface area contributed by atoms with E-state index in [1.807, 2.05) is 0 Å². The van der Waals surface area contributed by atoms with E-state index < -0.39 is 91.5 Å². The van der Waals surface area contributed by atoms with E-state index >= 15 is 0 Å². The van der Waals surface area contributed by atoms with Gasteiger partial charge < -0.3 is 34.2 Å². The van der Waals surface area contributed by atoms with Gasteiger partial charge in [0.1, 0.15) is 25.4 Å². The molecule has 0 bridgehead atoms. The Labute approximate surface area is 602 Å². The topological polar surface area (TPSA) is 231 Å². The molecule has 0 fully saturated rings. The molecule has 4 N–H and O–H groups in total. The number of ether oxygens (including phenoxy) is 3. The number of carbonyl (C=O) groups is 3. The van der Waals surface area contributed by atoms with E-state index in [0.29, 0.717) is 19.3 Å². The molecule has 570 valence electrons. The summed E-state index contributed by atoms with van der Waals surface area (Å²) >= 11 is 0. The van der Waals surface area contributed by atoms with Crippen molar-refractivity contribution in [3.8, 4) is 0 Å². The average Bonchev–Trinajstić information content (AvgIpc) is 1.92. The Morgan fingerprint density at radius 1 is 0.293 bits per heavy atom. The smallest absolute Gasteiger partial charge is 0.463 e. The zero-order valence-corrected chi connectivity index (χ0v) is 63.9. The normalized spacial score (nSPS) is 14.7. The molecule has 16 nitrogen and oxygen atoms in total. The van der Waals surface area contributed by atoms with Gasteiger partial charge in [-0.25, -0.2) is 9.13 Å². The molecular weight excluding hydrogens is 1290 g/mol. The molecule has 0 radical (unpaired) electrons. The number of phosphoric acid groups is 2. The number of carbonyl (C=O) groups excluding carboxylic acids is 3. The minimum atomic E-state index is -4.94. The van der Waals surface area contributed by atoms with Crippen molar-refractivity contribution in [2.24, 2.45) is 0 Å². The number of hydrogen-bond donors (Lipinski definition) is 4. The fourth-order valence-corrected chi connectivity index (χ4v) is 11.8. The summed E-state index contributed by atoms with van der Waals surface area (Å²) in [5.74, 6) is -1.62. The number of unbranched alkanes of at least 4 members (excludes halogenated alkanes) is 30. The van der Waals surface area contributed by atoms with Crippen LogP contribution in [0, 0.1) is 0 Å². The second kappa shape index (κ2) is 73.7. The van der Waals surface area contributed by atoms with Gasteiger partial charge in [0, 0.05) is 19.3 Å². The van der Waals surface area contributed by atoms with E-state index in [4.69, 9.17) is 32.3 Å². The second-order valence-corrected chi connectivity index (χ2v) is 28.7. The van der Waals surface area contributed by atoms with Crippen LogP contribution < -0.4 is 0 Å². The van der Waals surface area contributed by atoms with Crippen LogP contribution in [0.3, 0.4) is 0 Å². The standard InChI is InChI=1S/C81H140O16P2/c1-4-7-10-13-16-19-22-25-28-30-32-33-34-35-36-37-38-39-40-41-43-45-47-49-52-55-58-61-64-67-79(84)91-70-76(82)71-93-98(87,88)94-72-77(83)73-95-99(89,90)96-75-78(97-81(86)69-66-63-60-57-54-51-46-27-24-21-18-15-12-9-6-3)74-92-80(85)68-65-62-59-56-53-50-48-44-42-31-29-26-23-20-17-14-11-8-5-2/h8,11,16-17,19-20,25-29,32-33,35-36,42,44,46,50,53,76-78,82-83H,4-7,9-10,12-15,18,21-24,30-31,34,37-41,43,45,47-49,51-52,54-75H2,1-3H3,(H,87,88)(H,89,90)/b11-8-,19-16-,20-17-,28-25-,29-26-,33-32-,36-35-,44-42-,46-27-,53-50-. The first-order valence-corrected chi connectivity index (χ1v) is 41.8. The molecule has 0 heterocycles. The summed E-state index contributed by atoms with van der Waals surface area (Å²) in [7, 11) is -9.80. The van der Waals surface area contributed by atoms with Crippen LogP contribution in [0.25, 0.3) is 0 Å². The summed E-state index contributed by atoms with van der Waals surface area (Å²) in [6.45, 7) is 2.49. The molecule has 0 rings (SSSR count). The van der Waals surface area contributed by atoms with Crippen molar-refractivity contribution in [3.05, 3.63) is 122 Å². The van der Waals surface area contributed by atoms with E-state index in [2.05, 4.69) is 142 Å². The van der Waals surface area contributed by atoms with Crippen LogP contribution in [0.4, 0.5) is 0 Å². The third-order valence-electron chi connectivity index (χ3n) is 16.1. The molecule has 0 aliphatic rings. The Morgan fingerprint density at radius 2 is 0.535 bits per heavy atom. The Hall–Kier alpha value is -4.05. The molecular formula is C81H140O16P2. The van der Waals surface area contributed by atoms with Gasteiger partial charge in [-0.1, -0.05) is 284 Å². The zero-order chi connectivity index (χ0) is 72.3. The van der Waals surface area contributed by atoms with Crippen LogP contribution in [0.2, 0.25) is 0 Å². The molecule has 5 unspecified atom stereocenters. The van der Waals surface area contributed by atoms with Gasteiger partial charge in [-0.15, -0.1) is 0 Å². The average molecular weight is 1430 g/mol. The van der Waals surface area contributed by atoms with E-state index in [0.717, 1.165) is 135 Å². The first kappa shape index (κ1) is 94.9. The highest BCUT2D eigenvalue weighted by atomic mass is 31.2. The maximum Gasteiger partial charge on any atom is 0.472 e. The van der Waals surface area contributed by atoms with Crippen molar-refractivity contribution < 1.29 is 75.8 Å². The Morgan fingerprint density at radius 3 is 0.889 bits per heavy atom. The number of phosphoric ester groups is 2. The molecule has 0 saturated heterocycles. The van der Waals surface area contributed by atoms with Crippen LogP contribution in [-0.2, 0) is 55.8 Å². The van der Waals surface area contributed by atoms with Gasteiger partial charge in [0.2, 0.25) is 0 Å². The number of aliphatic hydroxyl groups excluding tert-OH is 2. The third-order valence-corrected chi connectivity index (χ3v) is 18.0. The zero-order valence-electron chi connectivity index (χ0n) is 62.1. The highest BCUT2D eigenvalue weighted by Gasteiger charge is 2.29. The fraction of sp³-hybridized carbons (Fsp3) is 0.716. The Kier molecular flexibility index (Phi) is 70.7. The van der Waals surface area contributed by atoms with Crippen molar-refractivity contribution in [1.29, 1.82) is 0 Å². The second-order valence-electron chi connectivity index (χ2n) is 25.8. The lowest BCUT2D eigenvalue weighted by Crippen LogP contribution is -2.30. The summed E-state index contributed by atoms with van der Waals surface area (Å²) in [5, 5.41) is 20.6. The van der Waals surface area contributed by atoms with Gasteiger partial charge in [0.05, 0.1) is 26.4 Å². The highest BCUT2D eigenvalue weighted by molar-refractivity contribution is 7.47. The van der Waals surface area contributed by atoms with E-state index in [1.54, 1.807) is 0 Å². The molecule has 18 heteroatoms. The lowest BCUT2D eigenvalue weighted by Gasteiger charge is -2.21. The summed E-state index contributed by atoms with van der Waals surface area (Å²) in [6.07, 6.45) is 86.8. The van der Waals surface area contributed by atoms with Crippen molar-refractivity contribution in [2.75, 3.05) is 39.6 Å². The molecule has 0 aromatic carbocycles. The molecule has 0 aliphatic carbocycles. The molecule has 0 aromatic heterocycles. The summed E-state index contributed by atoms with van der Waals surface area (Å²) < 4.78 is 61.1. The summed E-state index contributed by atoms with van der Waals surface area (Å²) in [4.78, 5) is 58.6. The molecule has 0 saturated carbocycles. The number of hydrogen-bond acceptors (Lipinski definition) is 14. The number of rotatable bonds is 73. The molecule has 0 spiro atoms. The van der Waals surface area contributed by atoms with Gasteiger partial charge in [0.25, 0.3) is 0 Å². The lowest BCUT2D eigenvalue weighted by molar-refractivity contribution is -0.161. The van der Waals surface area contributed by atoms with Crippen LogP contribution in [0.15, 0.2) is 122 Å². The molecule has 0 aliphatic heterocycles. The molecule has 0 amide bonds. The monoisotopic (exact) mass is 1430 g/mol. The van der Waals surface area contributed by atoms with E-state index in [-0.39, 0.29) is 19.3 Å². The first-order chi connectivity index (χ1) is 48.2. The maximum absolute atomic E-state index is 12.9. The van der Waals surface area contributed by atoms with Gasteiger partial charge >= 0.3 is 33.6 Å². The Bertz CT molecular complexity index is 2290. The van der Waals surface area contributed by atoms with Crippen LogP contribution in [0.5, 0.6) is 0 Å². The van der Waals surface area contributed by atoms with Crippen molar-refractivity contribution >= 4 is 33.6 Å². The SMILES string of the molecule is CC/C=C\C/C=C\C/C=C\C/C=C\C/C=C\CCCCCC(=O)OCC(COP(=O)(O)OCC(O)COP(=O)(O)OCC(O)COC(=O)CCCCCCCCCCCCCCC/C=C\C/C=C\C/C=C\C/C=C\CCCCC)OC(=O)CCCCCCC/C=C\CCCCCCCC. The van der Waals surface area contributed by atoms with Gasteiger partial charge in [0.15, 0.2) is 6.10 Å². The van der Waals surface area contributed by atoms with Crippen LogP contribution in [0.1, 0.15) is 316 Å². The lowest BCUT2D eigenvalue weighted by atomic mass is 10.0. The van der Waals surface area contributed by atoms with Crippen molar-refractivity contribution in [2.45, 2.75) is 334 Å². The Balaban J connectivity index is 4.54. The van der Waals surface area contributed by atoms with E-state index in [9.17, 15) is 43.5 Å². The third kappa shape index (κ3) is 74.9. The first-order valence-electron chi connectivity index (χ1n) is 38.8. The van der Waals surface area contributed by atoms with Crippen LogP contribution in [-0.4, -0.2) is 95.9 Å². The van der Waals surface area contributed by atoms with Crippen LogP contribution >= 0.6 is 15.6 Å². The number of esters is 3. The maximum atomic E-state index is 12.9. The molecule has 0 aromatic rings. The van der Waals surface area contributed by atoms with E-state index in [1.165, 1.54) is 122 Å². The minimum Gasteiger partial charge on any atom is -0.463 e. The summed E-state index contributed by atoms with van der Waals surface area (Å²) in [5.41, 5.74) is 0. The summed E-state index contributed by atoms with van der Waals surface area (Å²) in [6, 6.07) is 0. The van der Waals surface area contributed by atoms with Crippen molar-refractivity contribution in [1.82, 2.24) is 0 Å². The largest absolute Gasteiger partial charge is 0.472 e. The molecule has 5 atom stereocenters. The highest BCUT2D eigenvalue weighted by Crippen LogP contribution is 2.45. The fourth-order valence-electron chi connectivity index (χ4n) is 10.2. The molecule has 99 heavy (non-hydrogen) atoms.